The molecule has 0 fully saturated rings. The summed E-state index contributed by atoms with van der Waals surface area (Å²) < 4.78 is 11.8. The van der Waals surface area contributed by atoms with E-state index >= 15 is 0 Å². The Kier molecular flexibility index (Phi) is 16.2. The van der Waals surface area contributed by atoms with E-state index in [4.69, 9.17) is 14.5 Å². The number of methoxy groups -OCH3 is 2. The molecule has 0 aliphatic carbocycles. The summed E-state index contributed by atoms with van der Waals surface area (Å²) in [4.78, 5) is 4.71. The molecular formula is C13H24NO2S5Si. The molecule has 2 rings (SSSR count). The van der Waals surface area contributed by atoms with Crippen LogP contribution in [-0.2, 0) is 9.47 Å². The first-order chi connectivity index (χ1) is 8.71. The lowest BCUT2D eigenvalue weighted by Crippen LogP contribution is -2.04. The monoisotopic (exact) mass is 414 g/mol. The molecule has 1 unspecified atom stereocenters. The molecule has 22 heavy (non-hydrogen) atoms. The van der Waals surface area contributed by atoms with Crippen molar-refractivity contribution in [2.45, 2.75) is 25.2 Å². The van der Waals surface area contributed by atoms with E-state index in [9.17, 15) is 0 Å². The van der Waals surface area contributed by atoms with Crippen molar-refractivity contribution in [3.63, 3.8) is 0 Å². The number of aromatic nitrogens is 1. The minimum atomic E-state index is -0.363. The number of hydrogen-bond acceptors (Lipinski definition) is 4. The number of rotatable bonds is 5. The molecule has 1 aromatic carbocycles. The van der Waals surface area contributed by atoms with Crippen LogP contribution >= 0.6 is 65.3 Å². The first-order valence-electron chi connectivity index (χ1n) is 5.87. The average Bonchev–Trinajstić information content (AvgIpc) is 2.84. The summed E-state index contributed by atoms with van der Waals surface area (Å²) in [5, 5.41) is 1.10. The predicted octanol–water partition coefficient (Wildman–Crippen LogP) is 3.66. The highest BCUT2D eigenvalue weighted by Gasteiger charge is 2.17. The van der Waals surface area contributed by atoms with E-state index in [1.165, 1.54) is 4.70 Å². The molecule has 127 valence electrons. The standard InChI is InChI=1S/C13H16NO2SSi.4H2S/c1-4-10(18)12-14-11-8(13(15-2)16-3)6-5-7-9(11)17-12;;;;/h5-7,10,13H,4H2,1-3H3;4*1H2. The highest BCUT2D eigenvalue weighted by molar-refractivity contribution is 7.59. The first kappa shape index (κ1) is 27.5. The number of benzene rings is 1. The summed E-state index contributed by atoms with van der Waals surface area (Å²) in [6.45, 7) is 2.14. The van der Waals surface area contributed by atoms with Crippen molar-refractivity contribution >= 4 is 85.8 Å². The van der Waals surface area contributed by atoms with Gasteiger partial charge in [0, 0.05) is 30.0 Å². The summed E-state index contributed by atoms with van der Waals surface area (Å²) >= 11 is 1.71. The Hall–Kier alpha value is 0.647. The van der Waals surface area contributed by atoms with Crippen molar-refractivity contribution in [1.29, 1.82) is 0 Å². The predicted molar refractivity (Wildman–Crippen MR) is 117 cm³/mol. The van der Waals surface area contributed by atoms with Crippen LogP contribution < -0.4 is 0 Å². The van der Waals surface area contributed by atoms with Crippen molar-refractivity contribution in [1.82, 2.24) is 4.98 Å². The molecule has 3 nitrogen and oxygen atoms in total. The maximum atomic E-state index is 5.32. The van der Waals surface area contributed by atoms with Gasteiger partial charge >= 0.3 is 0 Å². The lowest BCUT2D eigenvalue weighted by atomic mass is 10.2. The van der Waals surface area contributed by atoms with Crippen LogP contribution in [-0.4, -0.2) is 29.4 Å². The number of para-hydroxylation sites is 1. The van der Waals surface area contributed by atoms with E-state index in [2.05, 4.69) is 23.2 Å². The van der Waals surface area contributed by atoms with Crippen LogP contribution in [0.25, 0.3) is 10.2 Å². The van der Waals surface area contributed by atoms with Crippen LogP contribution in [0.3, 0.4) is 0 Å². The quantitative estimate of drug-likeness (QED) is 0.553. The Bertz CT molecular complexity index is 536. The molecule has 0 aliphatic heterocycles. The third-order valence-electron chi connectivity index (χ3n) is 2.86. The number of nitrogens with zero attached hydrogens (tertiary/aromatic N) is 1. The average molecular weight is 415 g/mol. The zero-order valence-corrected chi connectivity index (χ0v) is 18.6. The molecule has 1 aromatic heterocycles. The minimum Gasteiger partial charge on any atom is -0.352 e. The number of ether oxygens (including phenoxy) is 2. The largest absolute Gasteiger partial charge is 0.352 e. The SMILES string of the molecule is CCC([Si])c1nc2c(C(OC)OC)cccc2s1.S.S.S.S. The van der Waals surface area contributed by atoms with E-state index < -0.39 is 0 Å². The molecule has 2 aromatic rings. The molecule has 0 amide bonds. The van der Waals surface area contributed by atoms with Crippen LogP contribution in [0.2, 0.25) is 0 Å². The van der Waals surface area contributed by atoms with E-state index in [1.807, 2.05) is 12.1 Å². The molecule has 1 heterocycles. The Morgan fingerprint density at radius 3 is 2.23 bits per heavy atom. The Balaban J connectivity index is -0.000000902. The van der Waals surface area contributed by atoms with Crippen LogP contribution in [0.5, 0.6) is 0 Å². The summed E-state index contributed by atoms with van der Waals surface area (Å²) in [5.74, 6) is 0. The molecule has 3 radical (unpaired) electrons. The van der Waals surface area contributed by atoms with E-state index in [0.29, 0.717) is 5.54 Å². The summed E-state index contributed by atoms with van der Waals surface area (Å²) in [6, 6.07) is 6.09. The fourth-order valence-electron chi connectivity index (χ4n) is 1.85. The Morgan fingerprint density at radius 2 is 1.73 bits per heavy atom. The highest BCUT2D eigenvalue weighted by Crippen LogP contribution is 2.32. The first-order valence-corrected chi connectivity index (χ1v) is 7.26. The van der Waals surface area contributed by atoms with Gasteiger partial charge in [-0.3, -0.25) is 0 Å². The Morgan fingerprint density at radius 1 is 1.14 bits per heavy atom. The second-order valence-corrected chi connectivity index (χ2v) is 5.77. The normalized spacial score (nSPS) is 11.0. The van der Waals surface area contributed by atoms with Gasteiger partial charge in [0.05, 0.1) is 15.2 Å². The lowest BCUT2D eigenvalue weighted by molar-refractivity contribution is -0.105. The van der Waals surface area contributed by atoms with Gasteiger partial charge in [-0.05, 0) is 11.6 Å². The number of fused-ring (bicyclic) bond motifs is 1. The molecule has 0 saturated heterocycles. The fourth-order valence-corrected chi connectivity index (χ4v) is 3.17. The second-order valence-electron chi connectivity index (χ2n) is 4.01. The molecule has 9 heteroatoms. The van der Waals surface area contributed by atoms with Gasteiger partial charge in [-0.15, -0.1) is 11.3 Å². The van der Waals surface area contributed by atoms with Crippen molar-refractivity contribution in [2.24, 2.45) is 0 Å². The molecule has 0 aliphatic rings. The second kappa shape index (κ2) is 13.0. The maximum absolute atomic E-state index is 5.32. The third kappa shape index (κ3) is 5.93. The van der Waals surface area contributed by atoms with Gasteiger partial charge in [-0.25, -0.2) is 4.98 Å². The van der Waals surface area contributed by atoms with Crippen LogP contribution in [0, 0.1) is 0 Å². The highest BCUT2D eigenvalue weighted by atomic mass is 32.1. The van der Waals surface area contributed by atoms with Crippen molar-refractivity contribution in [3.05, 3.63) is 28.8 Å². The van der Waals surface area contributed by atoms with Crippen molar-refractivity contribution < 1.29 is 9.47 Å². The smallest absolute Gasteiger partial charge is 0.185 e. The van der Waals surface area contributed by atoms with Crippen LogP contribution in [0.15, 0.2) is 18.2 Å². The Labute approximate surface area is 167 Å². The lowest BCUT2D eigenvalue weighted by Gasteiger charge is -2.13. The van der Waals surface area contributed by atoms with E-state index in [1.54, 1.807) is 25.6 Å². The number of thiazole rings is 1. The van der Waals surface area contributed by atoms with Gasteiger partial charge in [0.1, 0.15) is 0 Å². The van der Waals surface area contributed by atoms with Gasteiger partial charge < -0.3 is 9.47 Å². The van der Waals surface area contributed by atoms with Gasteiger partial charge in [0.25, 0.3) is 0 Å². The maximum Gasteiger partial charge on any atom is 0.185 e. The zero-order chi connectivity index (χ0) is 13.1. The van der Waals surface area contributed by atoms with Crippen molar-refractivity contribution in [3.8, 4) is 0 Å². The van der Waals surface area contributed by atoms with Gasteiger partial charge in [0.15, 0.2) is 6.29 Å². The summed E-state index contributed by atoms with van der Waals surface area (Å²) in [7, 11) is 6.97. The van der Waals surface area contributed by atoms with E-state index in [0.717, 1.165) is 22.5 Å². The minimum absolute atomic E-state index is 0. The molecule has 0 saturated carbocycles. The summed E-state index contributed by atoms with van der Waals surface area (Å²) in [6.07, 6.45) is 0.655. The molecular weight excluding hydrogens is 391 g/mol. The topological polar surface area (TPSA) is 31.4 Å². The van der Waals surface area contributed by atoms with Crippen LogP contribution in [0.4, 0.5) is 0 Å². The van der Waals surface area contributed by atoms with Crippen molar-refractivity contribution in [2.75, 3.05) is 14.2 Å². The van der Waals surface area contributed by atoms with E-state index in [-0.39, 0.29) is 60.3 Å². The molecule has 0 spiro atoms. The van der Waals surface area contributed by atoms with Gasteiger partial charge in [0.2, 0.25) is 0 Å². The summed E-state index contributed by atoms with van der Waals surface area (Å²) in [5.41, 5.74) is 2.26. The van der Waals surface area contributed by atoms with Crippen LogP contribution in [0.1, 0.15) is 35.7 Å². The molecule has 0 N–H and O–H groups in total. The van der Waals surface area contributed by atoms with Gasteiger partial charge in [-0.1, -0.05) is 25.5 Å². The molecule has 1 atom stereocenters. The fraction of sp³-hybridized carbons (Fsp3) is 0.462. The molecule has 0 bridgehead atoms. The third-order valence-corrected chi connectivity index (χ3v) is 4.88. The number of hydrogen-bond donors (Lipinski definition) is 0. The zero-order valence-electron chi connectivity index (χ0n) is 12.8. The van der Waals surface area contributed by atoms with Gasteiger partial charge in [-0.2, -0.15) is 54.0 Å².